The summed E-state index contributed by atoms with van der Waals surface area (Å²) in [6.45, 7) is 8.84. The van der Waals surface area contributed by atoms with Gasteiger partial charge in [0.2, 0.25) is 10.0 Å². The number of anilines is 1. The third-order valence-electron chi connectivity index (χ3n) is 5.07. The Balaban J connectivity index is 1.97. The van der Waals surface area contributed by atoms with E-state index in [4.69, 9.17) is 9.72 Å². The number of hydrogen-bond acceptors (Lipinski definition) is 6. The van der Waals surface area contributed by atoms with Gasteiger partial charge >= 0.3 is 6.09 Å². The maximum atomic E-state index is 12.9. The van der Waals surface area contributed by atoms with Gasteiger partial charge in [-0.05, 0) is 65.7 Å². The van der Waals surface area contributed by atoms with Gasteiger partial charge in [0.05, 0.1) is 27.4 Å². The van der Waals surface area contributed by atoms with Crippen molar-refractivity contribution in [1.29, 1.82) is 0 Å². The Morgan fingerprint density at radius 3 is 2.50 bits per heavy atom. The highest BCUT2D eigenvalue weighted by atomic mass is 32.2. The van der Waals surface area contributed by atoms with Gasteiger partial charge < -0.3 is 4.74 Å². The number of rotatable bonds is 6. The van der Waals surface area contributed by atoms with Crippen LogP contribution in [0, 0.1) is 0 Å². The van der Waals surface area contributed by atoms with Gasteiger partial charge in [-0.2, -0.15) is 0 Å². The van der Waals surface area contributed by atoms with E-state index in [9.17, 15) is 13.2 Å². The number of amides is 1. The second-order valence-electron chi connectivity index (χ2n) is 9.55. The number of aromatic nitrogens is 1. The second-order valence-corrected chi connectivity index (χ2v) is 12.1. The molecule has 1 aliphatic rings. The summed E-state index contributed by atoms with van der Waals surface area (Å²) in [5.41, 5.74) is 1.11. The van der Waals surface area contributed by atoms with Crippen molar-refractivity contribution in [3.05, 3.63) is 28.6 Å². The second kappa shape index (κ2) is 9.89. The number of thiazole rings is 1. The molecule has 7 nitrogen and oxygen atoms in total. The van der Waals surface area contributed by atoms with Gasteiger partial charge in [0.25, 0.3) is 0 Å². The van der Waals surface area contributed by atoms with Crippen LogP contribution < -0.4 is 10.0 Å². The molecule has 1 aromatic carbocycles. The molecule has 1 fully saturated rings. The summed E-state index contributed by atoms with van der Waals surface area (Å²) in [4.78, 5) is 17.2. The van der Waals surface area contributed by atoms with E-state index in [1.54, 1.807) is 58.1 Å². The molecule has 0 atom stereocenters. The summed E-state index contributed by atoms with van der Waals surface area (Å²) in [6, 6.07) is 4.70. The maximum Gasteiger partial charge on any atom is 0.411 e. The van der Waals surface area contributed by atoms with Gasteiger partial charge in [-0.15, -0.1) is 11.3 Å². The summed E-state index contributed by atoms with van der Waals surface area (Å²) in [5, 5.41) is 5.79. The quantitative estimate of drug-likeness (QED) is 0.538. The first-order valence-corrected chi connectivity index (χ1v) is 13.4. The lowest BCUT2D eigenvalue weighted by atomic mass is 9.90. The van der Waals surface area contributed by atoms with Gasteiger partial charge in [0, 0.05) is 22.4 Å². The molecule has 2 N–H and O–H groups in total. The molecule has 1 amide bonds. The van der Waals surface area contributed by atoms with E-state index in [1.165, 1.54) is 25.3 Å². The molecule has 9 heteroatoms. The van der Waals surface area contributed by atoms with Crippen LogP contribution >= 0.6 is 11.3 Å². The minimum absolute atomic E-state index is 0.0683. The first-order chi connectivity index (χ1) is 14.9. The van der Waals surface area contributed by atoms with Crippen LogP contribution in [0.1, 0.15) is 77.6 Å². The Hall–Kier alpha value is -1.97. The van der Waals surface area contributed by atoms with Gasteiger partial charge in [0.15, 0.2) is 0 Å². The molecule has 0 saturated heterocycles. The van der Waals surface area contributed by atoms with Crippen molar-refractivity contribution in [1.82, 2.24) is 9.71 Å². The van der Waals surface area contributed by atoms with Crippen molar-refractivity contribution in [2.75, 3.05) is 5.32 Å². The van der Waals surface area contributed by atoms with Crippen molar-refractivity contribution in [2.45, 2.75) is 89.2 Å². The topological polar surface area (TPSA) is 97.4 Å². The maximum absolute atomic E-state index is 12.9. The summed E-state index contributed by atoms with van der Waals surface area (Å²) in [7, 11) is -3.77. The average molecular weight is 480 g/mol. The molecule has 32 heavy (non-hydrogen) atoms. The Labute approximate surface area is 195 Å². The summed E-state index contributed by atoms with van der Waals surface area (Å²) < 4.78 is 33.6. The van der Waals surface area contributed by atoms with Crippen LogP contribution in [-0.2, 0) is 14.8 Å². The Morgan fingerprint density at radius 1 is 1.19 bits per heavy atom. The van der Waals surface area contributed by atoms with Crippen LogP contribution in [0.25, 0.3) is 11.3 Å². The molecule has 1 aromatic heterocycles. The molecule has 1 saturated carbocycles. The fraction of sp³-hybridized carbons (Fsp3) is 0.565. The fourth-order valence-corrected chi connectivity index (χ4v) is 6.22. The predicted molar refractivity (Wildman–Crippen MR) is 129 cm³/mol. The van der Waals surface area contributed by atoms with E-state index in [0.29, 0.717) is 17.2 Å². The molecule has 2 aromatic rings. The number of nitrogens with zero attached hydrogens (tertiary/aromatic N) is 1. The monoisotopic (exact) mass is 479 g/mol. The zero-order chi connectivity index (χ0) is 23.5. The summed E-state index contributed by atoms with van der Waals surface area (Å²) >= 11 is 1.62. The van der Waals surface area contributed by atoms with Crippen LogP contribution in [0.4, 0.5) is 10.5 Å². The number of benzene rings is 1. The summed E-state index contributed by atoms with van der Waals surface area (Å²) in [6.07, 6.45) is 5.08. The first kappa shape index (κ1) is 24.7. The summed E-state index contributed by atoms with van der Waals surface area (Å²) in [5.74, 6) is 0.473. The number of carbonyl (C=O) groups excluding carboxylic acids is 1. The number of sulfonamides is 1. The van der Waals surface area contributed by atoms with Crippen molar-refractivity contribution < 1.29 is 17.9 Å². The van der Waals surface area contributed by atoms with Crippen molar-refractivity contribution in [2.24, 2.45) is 0 Å². The van der Waals surface area contributed by atoms with Crippen molar-refractivity contribution >= 4 is 33.1 Å². The SMILES string of the molecule is CC(C)OC(=O)Nc1cc(S(=O)(=O)NC(C)(C)C)ccc1-c1csc(C2CCCCC2)n1. The normalized spacial score (nSPS) is 15.7. The molecule has 3 rings (SSSR count). The van der Waals surface area contributed by atoms with Crippen molar-refractivity contribution in [3.8, 4) is 11.3 Å². The van der Waals surface area contributed by atoms with Crippen molar-refractivity contribution in [3.63, 3.8) is 0 Å². The molecule has 0 radical (unpaired) electrons. The van der Waals surface area contributed by atoms with E-state index in [2.05, 4.69) is 10.0 Å². The largest absolute Gasteiger partial charge is 0.447 e. The minimum atomic E-state index is -3.77. The smallest absolute Gasteiger partial charge is 0.411 e. The zero-order valence-corrected chi connectivity index (χ0v) is 21.0. The molecule has 0 unspecified atom stereocenters. The minimum Gasteiger partial charge on any atom is -0.447 e. The molecule has 0 spiro atoms. The third-order valence-corrected chi connectivity index (χ3v) is 7.84. The van der Waals surface area contributed by atoms with Crippen LogP contribution in [0.15, 0.2) is 28.5 Å². The number of ether oxygens (including phenoxy) is 1. The lowest BCUT2D eigenvalue weighted by Gasteiger charge is -2.21. The van der Waals surface area contributed by atoms with E-state index < -0.39 is 21.7 Å². The lowest BCUT2D eigenvalue weighted by Crippen LogP contribution is -2.40. The van der Waals surface area contributed by atoms with E-state index in [0.717, 1.165) is 23.5 Å². The predicted octanol–water partition coefficient (Wildman–Crippen LogP) is 5.89. The number of carbonyl (C=O) groups is 1. The molecule has 1 aliphatic carbocycles. The Morgan fingerprint density at radius 2 is 1.88 bits per heavy atom. The Kier molecular flexibility index (Phi) is 7.62. The highest BCUT2D eigenvalue weighted by Crippen LogP contribution is 2.38. The molecule has 0 bridgehead atoms. The van der Waals surface area contributed by atoms with Gasteiger partial charge in [-0.1, -0.05) is 19.3 Å². The average Bonchev–Trinajstić information content (AvgIpc) is 3.16. The van der Waals surface area contributed by atoms with Gasteiger partial charge in [-0.25, -0.2) is 22.9 Å². The molecular weight excluding hydrogens is 446 g/mol. The van der Waals surface area contributed by atoms with E-state index in [1.807, 2.05) is 5.38 Å². The molecular formula is C23H33N3O4S2. The number of hydrogen-bond donors (Lipinski definition) is 2. The van der Waals surface area contributed by atoms with Crippen LogP contribution in [0.2, 0.25) is 0 Å². The Bertz CT molecular complexity index is 1050. The highest BCUT2D eigenvalue weighted by molar-refractivity contribution is 7.89. The zero-order valence-electron chi connectivity index (χ0n) is 19.4. The van der Waals surface area contributed by atoms with Crippen LogP contribution in [0.5, 0.6) is 0 Å². The van der Waals surface area contributed by atoms with Gasteiger partial charge in [0.1, 0.15) is 0 Å². The molecule has 0 aliphatic heterocycles. The van der Waals surface area contributed by atoms with Crippen LogP contribution in [0.3, 0.4) is 0 Å². The van der Waals surface area contributed by atoms with Gasteiger partial charge in [-0.3, -0.25) is 5.32 Å². The first-order valence-electron chi connectivity index (χ1n) is 11.1. The van der Waals surface area contributed by atoms with E-state index in [-0.39, 0.29) is 11.0 Å². The standard InChI is InChI=1S/C23H33N3O4S2/c1-15(2)30-22(27)25-19-13-17(32(28,29)26-23(3,4)5)11-12-18(19)20-14-31-21(24-20)16-9-7-6-8-10-16/h11-16,26H,6-10H2,1-5H3,(H,25,27). The third kappa shape index (κ3) is 6.52. The molecule has 176 valence electrons. The van der Waals surface area contributed by atoms with Crippen LogP contribution in [-0.4, -0.2) is 31.1 Å². The highest BCUT2D eigenvalue weighted by Gasteiger charge is 2.25. The fourth-order valence-electron chi connectivity index (χ4n) is 3.78. The molecule has 1 heterocycles. The lowest BCUT2D eigenvalue weighted by molar-refractivity contribution is 0.130. The number of nitrogens with one attached hydrogen (secondary N) is 2. The van der Waals surface area contributed by atoms with E-state index >= 15 is 0 Å².